The maximum absolute atomic E-state index is 13.6. The number of hydrogen-bond acceptors (Lipinski definition) is 4. The number of carbonyl (C=O) groups is 2. The predicted molar refractivity (Wildman–Crippen MR) is 163 cm³/mol. The van der Waals surface area contributed by atoms with Crippen molar-refractivity contribution in [2.24, 2.45) is 0 Å². The van der Waals surface area contributed by atoms with Gasteiger partial charge in [0.25, 0.3) is 5.91 Å². The third-order valence-corrected chi connectivity index (χ3v) is 8.11. The molecule has 2 saturated heterocycles. The van der Waals surface area contributed by atoms with Gasteiger partial charge in [-0.25, -0.2) is 0 Å². The number of hydrogen-bond donors (Lipinski definition) is 2. The highest BCUT2D eigenvalue weighted by molar-refractivity contribution is 5.95. The average molecular weight is 683 g/mol. The van der Waals surface area contributed by atoms with Gasteiger partial charge in [-0.2, -0.15) is 26.3 Å². The summed E-state index contributed by atoms with van der Waals surface area (Å²) in [6, 6.07) is 7.83. The first-order chi connectivity index (χ1) is 20.4. The zero-order valence-electron chi connectivity index (χ0n) is 24.2. The third kappa shape index (κ3) is 9.05. The average Bonchev–Trinajstić information content (AvgIpc) is 3.62. The van der Waals surface area contributed by atoms with Gasteiger partial charge in [-0.15, -0.1) is 24.8 Å². The Bertz CT molecular complexity index is 1430. The van der Waals surface area contributed by atoms with Crippen LogP contribution >= 0.6 is 24.8 Å². The standard InChI is InChI=1S/C30H33F6N5O2.2ClH/c31-29(32,33)22-13-20(14-23(16-22)30(34,35)36)28(43)41-12-11-40(19-27(42)37-7-10-39-8-3-4-9-39)18-24(41)15-21-17-38-26-6-2-1-5-25(21)26;;/h1-2,5-6,13-14,16-17,24,38H,3-4,7-12,15,18-19H2,(H,37,42);2*1H/t24-;;/m1../s1. The summed E-state index contributed by atoms with van der Waals surface area (Å²) in [6.45, 7) is 3.84. The lowest BCUT2D eigenvalue weighted by atomic mass is 9.98. The first-order valence-electron chi connectivity index (χ1n) is 14.3. The molecule has 1 atom stereocenters. The topological polar surface area (TPSA) is 71.7 Å². The van der Waals surface area contributed by atoms with Crippen molar-refractivity contribution in [1.29, 1.82) is 0 Å². The van der Waals surface area contributed by atoms with Gasteiger partial charge in [0.1, 0.15) is 0 Å². The van der Waals surface area contributed by atoms with Crippen LogP contribution in [-0.2, 0) is 23.6 Å². The predicted octanol–water partition coefficient (Wildman–Crippen LogP) is 5.63. The highest BCUT2D eigenvalue weighted by Gasteiger charge is 2.39. The lowest BCUT2D eigenvalue weighted by Crippen LogP contribution is -2.57. The molecule has 1 aromatic heterocycles. The summed E-state index contributed by atoms with van der Waals surface area (Å²) in [4.78, 5) is 35.0. The van der Waals surface area contributed by atoms with E-state index in [1.807, 2.05) is 29.2 Å². The number of piperazine rings is 1. The summed E-state index contributed by atoms with van der Waals surface area (Å²) in [6.07, 6.45) is -5.78. The van der Waals surface area contributed by atoms with E-state index in [2.05, 4.69) is 15.2 Å². The van der Waals surface area contributed by atoms with Crippen LogP contribution in [0.15, 0.2) is 48.7 Å². The van der Waals surface area contributed by atoms with Gasteiger partial charge in [-0.1, -0.05) is 18.2 Å². The van der Waals surface area contributed by atoms with E-state index in [1.165, 1.54) is 4.90 Å². The zero-order chi connectivity index (χ0) is 30.8. The highest BCUT2D eigenvalue weighted by atomic mass is 35.5. The van der Waals surface area contributed by atoms with Crippen LogP contribution in [0, 0.1) is 0 Å². The molecule has 5 rings (SSSR count). The maximum atomic E-state index is 13.6. The lowest BCUT2D eigenvalue weighted by Gasteiger charge is -2.41. The number of rotatable bonds is 8. The number of H-pyrrole nitrogens is 1. The molecular formula is C30H35Cl2F6N5O2. The van der Waals surface area contributed by atoms with Crippen molar-refractivity contribution in [2.45, 2.75) is 37.7 Å². The van der Waals surface area contributed by atoms with Crippen LogP contribution in [0.25, 0.3) is 10.9 Å². The molecule has 0 spiro atoms. The molecule has 3 heterocycles. The summed E-state index contributed by atoms with van der Waals surface area (Å²) in [5, 5.41) is 3.81. The smallest absolute Gasteiger partial charge is 0.361 e. The van der Waals surface area contributed by atoms with Crippen LogP contribution in [0.2, 0.25) is 0 Å². The number of nitrogens with one attached hydrogen (secondary N) is 2. The van der Waals surface area contributed by atoms with E-state index in [0.29, 0.717) is 18.7 Å². The number of aromatic amines is 1. The fourth-order valence-electron chi connectivity index (χ4n) is 5.92. The number of fused-ring (bicyclic) bond motifs is 1. The second-order valence-electron chi connectivity index (χ2n) is 11.1. The largest absolute Gasteiger partial charge is 0.416 e. The third-order valence-electron chi connectivity index (χ3n) is 8.11. The number of benzene rings is 2. The Labute approximate surface area is 269 Å². The van der Waals surface area contributed by atoms with Crippen LogP contribution in [0.1, 0.15) is 39.9 Å². The molecular weight excluding hydrogens is 647 g/mol. The normalized spacial score (nSPS) is 18.0. The molecule has 0 bridgehead atoms. The van der Waals surface area contributed by atoms with Gasteiger partial charge in [0, 0.05) is 61.4 Å². The minimum atomic E-state index is -5.07. The second kappa shape index (κ2) is 15.1. The molecule has 45 heavy (non-hydrogen) atoms. The molecule has 2 fully saturated rings. The molecule has 2 aromatic carbocycles. The van der Waals surface area contributed by atoms with Crippen molar-refractivity contribution in [1.82, 2.24) is 25.0 Å². The number of alkyl halides is 6. The molecule has 15 heteroatoms. The molecule has 248 valence electrons. The zero-order valence-corrected chi connectivity index (χ0v) is 25.8. The van der Waals surface area contributed by atoms with E-state index < -0.39 is 41.0 Å². The molecule has 0 saturated carbocycles. The summed E-state index contributed by atoms with van der Waals surface area (Å²) in [7, 11) is 0. The summed E-state index contributed by atoms with van der Waals surface area (Å²) in [5.74, 6) is -1.10. The minimum absolute atomic E-state index is 0. The molecule has 2 aliphatic heterocycles. The Kier molecular flexibility index (Phi) is 12.2. The first kappa shape index (κ1) is 36.5. The molecule has 0 unspecified atom stereocenters. The summed E-state index contributed by atoms with van der Waals surface area (Å²) in [5.41, 5.74) is -2.06. The first-order valence-corrected chi connectivity index (χ1v) is 14.3. The number of nitrogens with zero attached hydrogens (tertiary/aromatic N) is 3. The summed E-state index contributed by atoms with van der Waals surface area (Å²) < 4.78 is 81.1. The Morgan fingerprint density at radius 3 is 2.16 bits per heavy atom. The molecule has 2 N–H and O–H groups in total. The van der Waals surface area contributed by atoms with Crippen LogP contribution < -0.4 is 5.32 Å². The van der Waals surface area contributed by atoms with Crippen molar-refractivity contribution < 1.29 is 35.9 Å². The van der Waals surface area contributed by atoms with E-state index in [-0.39, 0.29) is 69.4 Å². The Balaban J connectivity index is 0.00000276. The fourth-order valence-corrected chi connectivity index (χ4v) is 5.92. The van der Waals surface area contributed by atoms with E-state index in [0.717, 1.165) is 48.9 Å². The van der Waals surface area contributed by atoms with E-state index >= 15 is 0 Å². The molecule has 7 nitrogen and oxygen atoms in total. The monoisotopic (exact) mass is 681 g/mol. The van der Waals surface area contributed by atoms with E-state index in [1.54, 1.807) is 6.20 Å². The van der Waals surface area contributed by atoms with Crippen LogP contribution in [0.5, 0.6) is 0 Å². The molecule has 0 aliphatic carbocycles. The lowest BCUT2D eigenvalue weighted by molar-refractivity contribution is -0.143. The van der Waals surface area contributed by atoms with Crippen molar-refractivity contribution in [3.63, 3.8) is 0 Å². The van der Waals surface area contributed by atoms with Crippen molar-refractivity contribution in [3.8, 4) is 0 Å². The van der Waals surface area contributed by atoms with Gasteiger partial charge in [0.2, 0.25) is 5.91 Å². The number of amides is 2. The van der Waals surface area contributed by atoms with Crippen molar-refractivity contribution in [3.05, 3.63) is 70.9 Å². The molecule has 3 aromatic rings. The Hall–Kier alpha value is -3.00. The van der Waals surface area contributed by atoms with Crippen molar-refractivity contribution >= 4 is 47.5 Å². The minimum Gasteiger partial charge on any atom is -0.361 e. The summed E-state index contributed by atoms with van der Waals surface area (Å²) >= 11 is 0. The number of likely N-dealkylation sites (tertiary alicyclic amines) is 1. The van der Waals surface area contributed by atoms with Gasteiger partial charge in [0.15, 0.2) is 0 Å². The van der Waals surface area contributed by atoms with E-state index in [9.17, 15) is 35.9 Å². The van der Waals surface area contributed by atoms with E-state index in [4.69, 9.17) is 0 Å². The number of para-hydroxylation sites is 1. The Morgan fingerprint density at radius 2 is 1.51 bits per heavy atom. The SMILES string of the molecule is Cl.Cl.O=C(CN1CCN(C(=O)c2cc(C(F)(F)F)cc(C(F)(F)F)c2)[C@H](Cc2c[nH]c3ccccc23)C1)NCCN1CCCC1. The number of halogens is 8. The fraction of sp³-hybridized carbons (Fsp3) is 0.467. The number of carbonyl (C=O) groups excluding carboxylic acids is 2. The molecule has 2 amide bonds. The van der Waals surface area contributed by atoms with Crippen LogP contribution in [-0.4, -0.2) is 89.9 Å². The molecule has 2 aliphatic rings. The second-order valence-corrected chi connectivity index (χ2v) is 11.1. The maximum Gasteiger partial charge on any atom is 0.416 e. The Morgan fingerprint density at radius 1 is 0.867 bits per heavy atom. The molecule has 0 radical (unpaired) electrons. The van der Waals surface area contributed by atoms with Gasteiger partial charge < -0.3 is 20.1 Å². The highest BCUT2D eigenvalue weighted by Crippen LogP contribution is 2.37. The van der Waals surface area contributed by atoms with Crippen LogP contribution in [0.3, 0.4) is 0 Å². The van der Waals surface area contributed by atoms with Gasteiger partial charge in [0.05, 0.1) is 17.7 Å². The number of aromatic nitrogens is 1. The van der Waals surface area contributed by atoms with Gasteiger partial charge in [-0.3, -0.25) is 14.5 Å². The quantitative estimate of drug-likeness (QED) is 0.303. The van der Waals surface area contributed by atoms with Gasteiger partial charge >= 0.3 is 12.4 Å². The van der Waals surface area contributed by atoms with Crippen LogP contribution in [0.4, 0.5) is 26.3 Å². The van der Waals surface area contributed by atoms with Crippen molar-refractivity contribution in [2.75, 3.05) is 52.4 Å². The van der Waals surface area contributed by atoms with Gasteiger partial charge in [-0.05, 0) is 62.2 Å².